The molecule has 2 rings (SSSR count). The molecule has 0 unspecified atom stereocenters. The van der Waals surface area contributed by atoms with Crippen LogP contribution in [0.5, 0.6) is 0 Å². The first-order chi connectivity index (χ1) is 12.8. The van der Waals surface area contributed by atoms with Crippen LogP contribution in [0.25, 0.3) is 0 Å². The Hall–Kier alpha value is -0.870. The zero-order valence-electron chi connectivity index (χ0n) is 17.4. The zero-order valence-corrected chi connectivity index (χ0v) is 20.6. The fourth-order valence-electron chi connectivity index (χ4n) is 3.17. The highest BCUT2D eigenvalue weighted by atomic mass is 127. The highest BCUT2D eigenvalue weighted by Gasteiger charge is 2.18. The van der Waals surface area contributed by atoms with E-state index in [0.717, 1.165) is 42.6 Å². The van der Waals surface area contributed by atoms with E-state index >= 15 is 0 Å². The molecular formula is C20H35IN4O2S. The van der Waals surface area contributed by atoms with Crippen LogP contribution in [-0.2, 0) is 22.3 Å². The van der Waals surface area contributed by atoms with Crippen molar-refractivity contribution >= 4 is 40.0 Å². The van der Waals surface area contributed by atoms with Gasteiger partial charge < -0.3 is 10.2 Å². The molecule has 6 nitrogen and oxygen atoms in total. The largest absolute Gasteiger partial charge is 0.357 e. The minimum Gasteiger partial charge on any atom is -0.357 e. The average molecular weight is 522 g/mol. The van der Waals surface area contributed by atoms with Crippen molar-refractivity contribution in [2.24, 2.45) is 10.9 Å². The van der Waals surface area contributed by atoms with Crippen molar-refractivity contribution in [3.63, 3.8) is 0 Å². The summed E-state index contributed by atoms with van der Waals surface area (Å²) in [6.07, 6.45) is 2.41. The first kappa shape index (κ1) is 25.2. The molecule has 0 spiro atoms. The minimum absolute atomic E-state index is 0. The molecule has 0 bridgehead atoms. The van der Waals surface area contributed by atoms with E-state index in [0.29, 0.717) is 6.54 Å². The topological polar surface area (TPSA) is 73.8 Å². The lowest BCUT2D eigenvalue weighted by atomic mass is 10.00. The highest BCUT2D eigenvalue weighted by molar-refractivity contribution is 14.0. The second-order valence-electron chi connectivity index (χ2n) is 7.69. The number of halogens is 1. The van der Waals surface area contributed by atoms with Gasteiger partial charge in [0.25, 0.3) is 0 Å². The van der Waals surface area contributed by atoms with E-state index in [1.54, 1.807) is 0 Å². The first-order valence-corrected chi connectivity index (χ1v) is 11.6. The van der Waals surface area contributed by atoms with Crippen LogP contribution in [0, 0.1) is 5.92 Å². The van der Waals surface area contributed by atoms with Gasteiger partial charge >= 0.3 is 0 Å². The van der Waals surface area contributed by atoms with E-state index in [2.05, 4.69) is 28.8 Å². The standard InChI is InChI=1S/C20H34N4O2S.HI/c1-5-21-20(24-12-10-17(4)11-13-24)22-14-18-6-8-19(9-7-18)15-27(25,26)23-16(2)3;/h6-9,16-17,23H,5,10-15H2,1-4H3,(H,21,22);1H. The number of benzene rings is 1. The lowest BCUT2D eigenvalue weighted by Crippen LogP contribution is -2.45. The molecule has 1 aromatic rings. The Morgan fingerprint density at radius 3 is 2.29 bits per heavy atom. The molecule has 0 radical (unpaired) electrons. The normalized spacial score (nSPS) is 16.2. The third kappa shape index (κ3) is 8.65. The molecule has 1 saturated heterocycles. The average Bonchev–Trinajstić information content (AvgIpc) is 2.59. The van der Waals surface area contributed by atoms with Crippen LogP contribution in [0.1, 0.15) is 51.7 Å². The quantitative estimate of drug-likeness (QED) is 0.328. The maximum Gasteiger partial charge on any atom is 0.216 e. The SMILES string of the molecule is CCNC(=NCc1ccc(CS(=O)(=O)NC(C)C)cc1)N1CCC(C)CC1.I. The number of guanidine groups is 1. The van der Waals surface area contributed by atoms with Crippen molar-refractivity contribution in [3.05, 3.63) is 35.4 Å². The van der Waals surface area contributed by atoms with Crippen molar-refractivity contribution in [1.29, 1.82) is 0 Å². The van der Waals surface area contributed by atoms with Crippen LogP contribution in [0.4, 0.5) is 0 Å². The van der Waals surface area contributed by atoms with E-state index in [1.165, 1.54) is 12.8 Å². The van der Waals surface area contributed by atoms with Crippen molar-refractivity contribution in [3.8, 4) is 0 Å². The van der Waals surface area contributed by atoms with Gasteiger partial charge in [-0.2, -0.15) is 0 Å². The van der Waals surface area contributed by atoms with E-state index in [1.807, 2.05) is 38.1 Å². The Morgan fingerprint density at radius 2 is 1.75 bits per heavy atom. The third-order valence-corrected chi connectivity index (χ3v) is 6.17. The van der Waals surface area contributed by atoms with E-state index in [9.17, 15) is 8.42 Å². The van der Waals surface area contributed by atoms with Crippen LogP contribution in [0.2, 0.25) is 0 Å². The van der Waals surface area contributed by atoms with Crippen LogP contribution in [0.3, 0.4) is 0 Å². The molecule has 0 saturated carbocycles. The van der Waals surface area contributed by atoms with E-state index < -0.39 is 10.0 Å². The number of sulfonamides is 1. The van der Waals surface area contributed by atoms with Crippen molar-refractivity contribution in [2.75, 3.05) is 19.6 Å². The summed E-state index contributed by atoms with van der Waals surface area (Å²) in [4.78, 5) is 7.11. The van der Waals surface area contributed by atoms with Gasteiger partial charge in [0.2, 0.25) is 10.0 Å². The Kier molecular flexibility index (Phi) is 10.8. The fourth-order valence-corrected chi connectivity index (χ4v) is 4.61. The number of aliphatic imine (C=N–C) groups is 1. The third-order valence-electron chi connectivity index (χ3n) is 4.62. The first-order valence-electron chi connectivity index (χ1n) is 9.90. The summed E-state index contributed by atoms with van der Waals surface area (Å²) < 4.78 is 26.7. The number of nitrogens with one attached hydrogen (secondary N) is 2. The monoisotopic (exact) mass is 522 g/mol. The highest BCUT2D eigenvalue weighted by Crippen LogP contribution is 2.16. The van der Waals surface area contributed by atoms with Crippen LogP contribution >= 0.6 is 24.0 Å². The predicted octanol–water partition coefficient (Wildman–Crippen LogP) is 3.33. The van der Waals surface area contributed by atoms with Crippen LogP contribution in [0.15, 0.2) is 29.3 Å². The number of likely N-dealkylation sites (tertiary alicyclic amines) is 1. The summed E-state index contributed by atoms with van der Waals surface area (Å²) in [6.45, 7) is 11.6. The molecule has 1 aliphatic rings. The summed E-state index contributed by atoms with van der Waals surface area (Å²) in [5.74, 6) is 1.76. The second kappa shape index (κ2) is 12.0. The summed E-state index contributed by atoms with van der Waals surface area (Å²) >= 11 is 0. The number of rotatable bonds is 7. The Bertz CT molecular complexity index is 712. The summed E-state index contributed by atoms with van der Waals surface area (Å²) in [5, 5.41) is 3.39. The predicted molar refractivity (Wildman–Crippen MR) is 128 cm³/mol. The molecule has 8 heteroatoms. The molecule has 1 heterocycles. The van der Waals surface area contributed by atoms with Gasteiger partial charge in [0, 0.05) is 25.7 Å². The molecule has 28 heavy (non-hydrogen) atoms. The molecule has 0 amide bonds. The van der Waals surface area contributed by atoms with E-state index in [-0.39, 0.29) is 35.8 Å². The molecule has 2 N–H and O–H groups in total. The lowest BCUT2D eigenvalue weighted by molar-refractivity contribution is 0.273. The van der Waals surface area contributed by atoms with Gasteiger partial charge in [-0.15, -0.1) is 24.0 Å². The van der Waals surface area contributed by atoms with Gasteiger partial charge in [-0.25, -0.2) is 18.1 Å². The van der Waals surface area contributed by atoms with Crippen molar-refractivity contribution < 1.29 is 8.42 Å². The molecule has 1 aliphatic heterocycles. The molecule has 1 aromatic carbocycles. The summed E-state index contributed by atoms with van der Waals surface area (Å²) in [5.41, 5.74) is 1.86. The van der Waals surface area contributed by atoms with Gasteiger partial charge in [-0.1, -0.05) is 31.2 Å². The fraction of sp³-hybridized carbons (Fsp3) is 0.650. The number of hydrogen-bond acceptors (Lipinski definition) is 3. The van der Waals surface area contributed by atoms with Gasteiger partial charge in [0.15, 0.2) is 5.96 Å². The molecule has 0 aliphatic carbocycles. The number of piperidine rings is 1. The second-order valence-corrected chi connectivity index (χ2v) is 9.44. The van der Waals surface area contributed by atoms with Gasteiger partial charge in [0.1, 0.15) is 0 Å². The summed E-state index contributed by atoms with van der Waals surface area (Å²) in [7, 11) is -3.29. The van der Waals surface area contributed by atoms with Crippen LogP contribution < -0.4 is 10.0 Å². The van der Waals surface area contributed by atoms with Crippen molar-refractivity contribution in [2.45, 2.75) is 58.9 Å². The van der Waals surface area contributed by atoms with E-state index in [4.69, 9.17) is 4.99 Å². The Labute approximate surface area is 187 Å². The zero-order chi connectivity index (χ0) is 19.9. The van der Waals surface area contributed by atoms with Gasteiger partial charge in [0.05, 0.1) is 12.3 Å². The maximum absolute atomic E-state index is 12.0. The van der Waals surface area contributed by atoms with Crippen LogP contribution in [-0.4, -0.2) is 45.0 Å². The van der Waals surface area contributed by atoms with Gasteiger partial charge in [-0.05, 0) is 50.7 Å². The number of hydrogen-bond donors (Lipinski definition) is 2. The molecule has 0 atom stereocenters. The smallest absolute Gasteiger partial charge is 0.216 e. The molecule has 160 valence electrons. The summed E-state index contributed by atoms with van der Waals surface area (Å²) in [6, 6.07) is 7.59. The Morgan fingerprint density at radius 1 is 1.18 bits per heavy atom. The van der Waals surface area contributed by atoms with Crippen molar-refractivity contribution in [1.82, 2.24) is 14.9 Å². The molecule has 0 aromatic heterocycles. The number of nitrogens with zero attached hydrogens (tertiary/aromatic N) is 2. The Balaban J connectivity index is 0.00000392. The molecule has 1 fully saturated rings. The maximum atomic E-state index is 12.0. The van der Waals surface area contributed by atoms with Gasteiger partial charge in [-0.3, -0.25) is 0 Å². The lowest BCUT2D eigenvalue weighted by Gasteiger charge is -2.33. The minimum atomic E-state index is -3.29. The molecular weight excluding hydrogens is 487 g/mol.